The van der Waals surface area contributed by atoms with E-state index >= 15 is 0 Å². The highest BCUT2D eigenvalue weighted by Gasteiger charge is 2.30. The number of nitrogen functional groups attached to an aromatic ring is 1. The van der Waals surface area contributed by atoms with Crippen molar-refractivity contribution in [1.82, 2.24) is 15.4 Å². The van der Waals surface area contributed by atoms with Crippen LogP contribution in [0.3, 0.4) is 0 Å². The van der Waals surface area contributed by atoms with Gasteiger partial charge >= 0.3 is 0 Å². The van der Waals surface area contributed by atoms with Crippen LogP contribution in [-0.2, 0) is 6.54 Å². The van der Waals surface area contributed by atoms with E-state index in [0.717, 1.165) is 25.0 Å². The SMILES string of the molecule is NCc1nnnc(C2CCCC2Cl)c1N. The molecule has 1 saturated carbocycles. The second kappa shape index (κ2) is 4.28. The van der Waals surface area contributed by atoms with Gasteiger partial charge in [-0.25, -0.2) is 0 Å². The summed E-state index contributed by atoms with van der Waals surface area (Å²) >= 11 is 6.21. The van der Waals surface area contributed by atoms with Crippen LogP contribution >= 0.6 is 11.6 Å². The summed E-state index contributed by atoms with van der Waals surface area (Å²) in [6, 6.07) is 0. The van der Waals surface area contributed by atoms with E-state index in [1.807, 2.05) is 0 Å². The van der Waals surface area contributed by atoms with Crippen molar-refractivity contribution in [3.8, 4) is 0 Å². The van der Waals surface area contributed by atoms with Crippen LogP contribution in [0.4, 0.5) is 5.69 Å². The predicted molar refractivity (Wildman–Crippen MR) is 58.4 cm³/mol. The molecule has 1 fully saturated rings. The molecule has 2 rings (SSSR count). The minimum atomic E-state index is 0.106. The second-order valence-corrected chi connectivity index (χ2v) is 4.35. The number of anilines is 1. The molecule has 4 N–H and O–H groups in total. The van der Waals surface area contributed by atoms with E-state index in [1.165, 1.54) is 0 Å². The summed E-state index contributed by atoms with van der Waals surface area (Å²) in [6.45, 7) is 0.286. The summed E-state index contributed by atoms with van der Waals surface area (Å²) in [5.74, 6) is 0.201. The van der Waals surface area contributed by atoms with E-state index < -0.39 is 0 Å². The molecule has 1 aliphatic carbocycles. The molecule has 0 aliphatic heterocycles. The molecule has 6 heteroatoms. The molecule has 0 bridgehead atoms. The fraction of sp³-hybridized carbons (Fsp3) is 0.667. The van der Waals surface area contributed by atoms with Crippen LogP contribution in [-0.4, -0.2) is 20.8 Å². The summed E-state index contributed by atoms with van der Waals surface area (Å²) in [5, 5.41) is 11.6. The van der Waals surface area contributed by atoms with Crippen LogP contribution < -0.4 is 11.5 Å². The lowest BCUT2D eigenvalue weighted by Crippen LogP contribution is -2.16. The van der Waals surface area contributed by atoms with Crippen LogP contribution in [0, 0.1) is 0 Å². The largest absolute Gasteiger partial charge is 0.396 e. The minimum Gasteiger partial charge on any atom is -0.396 e. The third-order valence-electron chi connectivity index (χ3n) is 2.88. The number of alkyl halides is 1. The van der Waals surface area contributed by atoms with E-state index in [4.69, 9.17) is 23.1 Å². The topological polar surface area (TPSA) is 90.7 Å². The molecule has 0 aromatic carbocycles. The number of rotatable bonds is 2. The third-order valence-corrected chi connectivity index (χ3v) is 3.40. The van der Waals surface area contributed by atoms with Crippen LogP contribution in [0.25, 0.3) is 0 Å². The highest BCUT2D eigenvalue weighted by molar-refractivity contribution is 6.21. The lowest BCUT2D eigenvalue weighted by Gasteiger charge is -2.15. The van der Waals surface area contributed by atoms with Crippen LogP contribution in [0.5, 0.6) is 0 Å². The Hall–Kier alpha value is -0.940. The molecule has 2 unspecified atom stereocenters. The monoisotopic (exact) mass is 227 g/mol. The van der Waals surface area contributed by atoms with Gasteiger partial charge in [0, 0.05) is 17.8 Å². The minimum absolute atomic E-state index is 0.106. The molecule has 15 heavy (non-hydrogen) atoms. The summed E-state index contributed by atoms with van der Waals surface area (Å²) in [4.78, 5) is 0. The first-order chi connectivity index (χ1) is 7.24. The fourth-order valence-corrected chi connectivity index (χ4v) is 2.43. The Morgan fingerprint density at radius 2 is 2.13 bits per heavy atom. The van der Waals surface area contributed by atoms with Crippen molar-refractivity contribution < 1.29 is 0 Å². The lowest BCUT2D eigenvalue weighted by atomic mass is 10.0. The first-order valence-corrected chi connectivity index (χ1v) is 5.49. The number of nitrogens with zero attached hydrogens (tertiary/aromatic N) is 3. The van der Waals surface area contributed by atoms with E-state index in [9.17, 15) is 0 Å². The fourth-order valence-electron chi connectivity index (χ4n) is 2.03. The Bertz CT molecular complexity index is 356. The zero-order valence-corrected chi connectivity index (χ0v) is 9.11. The number of hydrogen-bond donors (Lipinski definition) is 2. The van der Waals surface area contributed by atoms with Gasteiger partial charge < -0.3 is 11.5 Å². The molecule has 5 nitrogen and oxygen atoms in total. The first kappa shape index (κ1) is 10.6. The van der Waals surface area contributed by atoms with Gasteiger partial charge in [-0.1, -0.05) is 6.42 Å². The zero-order valence-electron chi connectivity index (χ0n) is 8.36. The van der Waals surface area contributed by atoms with Gasteiger partial charge in [0.15, 0.2) is 0 Å². The van der Waals surface area contributed by atoms with Gasteiger partial charge in [-0.15, -0.1) is 21.8 Å². The van der Waals surface area contributed by atoms with Crippen LogP contribution in [0.1, 0.15) is 36.6 Å². The number of halogens is 1. The van der Waals surface area contributed by atoms with Crippen LogP contribution in [0.15, 0.2) is 0 Å². The first-order valence-electron chi connectivity index (χ1n) is 5.05. The van der Waals surface area contributed by atoms with Gasteiger partial charge in [-0.05, 0) is 18.1 Å². The summed E-state index contributed by atoms with van der Waals surface area (Å²) in [6.07, 6.45) is 3.13. The highest BCUT2D eigenvalue weighted by Crippen LogP contribution is 2.39. The Morgan fingerprint density at radius 3 is 2.73 bits per heavy atom. The highest BCUT2D eigenvalue weighted by atomic mass is 35.5. The van der Waals surface area contributed by atoms with E-state index in [0.29, 0.717) is 11.4 Å². The van der Waals surface area contributed by atoms with Gasteiger partial charge in [-0.3, -0.25) is 0 Å². The van der Waals surface area contributed by atoms with Crippen molar-refractivity contribution in [3.63, 3.8) is 0 Å². The lowest BCUT2D eigenvalue weighted by molar-refractivity contribution is 0.662. The quantitative estimate of drug-likeness (QED) is 0.729. The van der Waals surface area contributed by atoms with Gasteiger partial charge in [0.2, 0.25) is 0 Å². The van der Waals surface area contributed by atoms with E-state index in [2.05, 4.69) is 15.4 Å². The van der Waals surface area contributed by atoms with Crippen molar-refractivity contribution in [2.45, 2.75) is 37.1 Å². The van der Waals surface area contributed by atoms with Crippen molar-refractivity contribution in [2.75, 3.05) is 5.73 Å². The zero-order chi connectivity index (χ0) is 10.8. The Morgan fingerprint density at radius 1 is 1.33 bits per heavy atom. The average Bonchev–Trinajstić information content (AvgIpc) is 2.65. The molecule has 0 radical (unpaired) electrons. The van der Waals surface area contributed by atoms with Gasteiger partial charge in [0.1, 0.15) is 5.69 Å². The number of aromatic nitrogens is 3. The molecule has 0 spiro atoms. The molecular weight excluding hydrogens is 214 g/mol. The molecule has 1 aromatic rings. The summed E-state index contributed by atoms with van der Waals surface area (Å²) in [5.41, 5.74) is 13.4. The van der Waals surface area contributed by atoms with Crippen molar-refractivity contribution in [1.29, 1.82) is 0 Å². The van der Waals surface area contributed by atoms with E-state index in [-0.39, 0.29) is 17.8 Å². The van der Waals surface area contributed by atoms with Crippen molar-refractivity contribution >= 4 is 17.3 Å². The predicted octanol–water partition coefficient (Wildman–Crippen LogP) is 0.787. The maximum Gasteiger partial charge on any atom is 0.103 e. The Labute approximate surface area is 93.2 Å². The van der Waals surface area contributed by atoms with Gasteiger partial charge in [-0.2, -0.15) is 0 Å². The molecule has 82 valence electrons. The summed E-state index contributed by atoms with van der Waals surface area (Å²) < 4.78 is 0. The molecule has 0 amide bonds. The smallest absolute Gasteiger partial charge is 0.103 e. The third kappa shape index (κ3) is 1.89. The van der Waals surface area contributed by atoms with E-state index in [1.54, 1.807) is 0 Å². The maximum absolute atomic E-state index is 6.21. The molecule has 1 aliphatic rings. The molecule has 1 heterocycles. The Balaban J connectivity index is 2.35. The standard InChI is InChI=1S/C9H14ClN5/c10-6-3-1-2-5(6)9-8(12)7(4-11)13-15-14-9/h5-6H,1-4,11H2,(H2,12,15). The van der Waals surface area contributed by atoms with Gasteiger partial charge in [0.05, 0.1) is 11.4 Å². The normalized spacial score (nSPS) is 25.7. The number of nitrogens with two attached hydrogens (primary N) is 2. The van der Waals surface area contributed by atoms with Gasteiger partial charge in [0.25, 0.3) is 0 Å². The average molecular weight is 228 g/mol. The molecular formula is C9H14ClN5. The maximum atomic E-state index is 6.21. The van der Waals surface area contributed by atoms with Crippen LogP contribution in [0.2, 0.25) is 0 Å². The number of hydrogen-bond acceptors (Lipinski definition) is 5. The molecule has 2 atom stereocenters. The molecule has 1 aromatic heterocycles. The van der Waals surface area contributed by atoms with Crippen molar-refractivity contribution in [2.24, 2.45) is 5.73 Å². The molecule has 0 saturated heterocycles. The second-order valence-electron chi connectivity index (χ2n) is 3.79. The summed E-state index contributed by atoms with van der Waals surface area (Å²) in [7, 11) is 0. The Kier molecular flexibility index (Phi) is 3.02. The van der Waals surface area contributed by atoms with Crippen molar-refractivity contribution in [3.05, 3.63) is 11.4 Å².